The van der Waals surface area contributed by atoms with Gasteiger partial charge in [-0.2, -0.15) is 0 Å². The van der Waals surface area contributed by atoms with Crippen molar-refractivity contribution in [3.8, 4) is 0 Å². The van der Waals surface area contributed by atoms with Gasteiger partial charge in [0, 0.05) is 23.6 Å². The van der Waals surface area contributed by atoms with E-state index in [1.54, 1.807) is 12.1 Å². The third kappa shape index (κ3) is 4.50. The Morgan fingerprint density at radius 3 is 2.51 bits per heavy atom. The summed E-state index contributed by atoms with van der Waals surface area (Å²) in [5, 5.41) is 3.63. The number of hydrogen-bond donors (Lipinski definition) is 1. The highest BCUT2D eigenvalue weighted by atomic mass is 32.1. The Balaban J connectivity index is 1.44. The number of anilines is 1. The third-order valence-electron chi connectivity index (χ3n) is 6.05. The first-order chi connectivity index (χ1) is 16.9. The fourth-order valence-electron chi connectivity index (χ4n) is 4.22. The van der Waals surface area contributed by atoms with Gasteiger partial charge in [0.1, 0.15) is 11.4 Å². The zero-order valence-electron chi connectivity index (χ0n) is 19.0. The Labute approximate surface area is 207 Å². The molecule has 0 aliphatic carbocycles. The number of aryl methyl sites for hydroxylation is 1. The summed E-state index contributed by atoms with van der Waals surface area (Å²) in [6.07, 6.45) is 4.40. The number of benzene rings is 3. The van der Waals surface area contributed by atoms with Crippen LogP contribution in [0.15, 0.2) is 84.6 Å². The van der Waals surface area contributed by atoms with Crippen LogP contribution in [0.3, 0.4) is 0 Å². The molecule has 1 fully saturated rings. The highest BCUT2D eigenvalue weighted by Gasteiger charge is 2.34. The number of hydrogen-bond acceptors (Lipinski definition) is 3. The number of fused-ring (bicyclic) bond motifs is 1. The second-order valence-corrected chi connectivity index (χ2v) is 8.76. The molecule has 1 aromatic heterocycles. The number of amides is 2. The fourth-order valence-corrected chi connectivity index (χ4v) is 4.50. The first-order valence-corrected chi connectivity index (χ1v) is 11.7. The van der Waals surface area contributed by atoms with Gasteiger partial charge in [-0.15, -0.1) is 0 Å². The summed E-state index contributed by atoms with van der Waals surface area (Å²) in [6, 6.07) is 21.7. The summed E-state index contributed by atoms with van der Waals surface area (Å²) in [4.78, 5) is 27.3. The summed E-state index contributed by atoms with van der Waals surface area (Å²) in [5.41, 5.74) is 4.30. The molecule has 1 N–H and O–H groups in total. The lowest BCUT2D eigenvalue weighted by Crippen LogP contribution is -2.54. The van der Waals surface area contributed by atoms with Crippen LogP contribution in [-0.4, -0.2) is 21.5 Å². The predicted octanol–water partition coefficient (Wildman–Crippen LogP) is 5.22. The van der Waals surface area contributed by atoms with Crippen LogP contribution in [0.1, 0.15) is 23.6 Å². The van der Waals surface area contributed by atoms with Gasteiger partial charge in [-0.1, -0.05) is 37.3 Å². The number of rotatable bonds is 5. The second-order valence-electron chi connectivity index (χ2n) is 8.37. The normalized spacial score (nSPS) is 15.2. The van der Waals surface area contributed by atoms with E-state index in [0.29, 0.717) is 17.8 Å². The molecular formula is C28H22FN3O2S. The second kappa shape index (κ2) is 9.27. The summed E-state index contributed by atoms with van der Waals surface area (Å²) >= 11 is 5.29. The molecule has 0 spiro atoms. The molecule has 35 heavy (non-hydrogen) atoms. The van der Waals surface area contributed by atoms with Crippen molar-refractivity contribution in [1.82, 2.24) is 9.88 Å². The van der Waals surface area contributed by atoms with E-state index in [2.05, 4.69) is 12.2 Å². The van der Waals surface area contributed by atoms with Crippen molar-refractivity contribution < 1.29 is 14.0 Å². The number of carbonyl (C=O) groups excluding carboxylic acids is 2. The largest absolute Gasteiger partial charge is 0.343 e. The lowest BCUT2D eigenvalue weighted by molar-refractivity contribution is -0.122. The van der Waals surface area contributed by atoms with Gasteiger partial charge in [-0.25, -0.2) is 4.39 Å². The van der Waals surface area contributed by atoms with E-state index in [-0.39, 0.29) is 16.5 Å². The zero-order valence-corrected chi connectivity index (χ0v) is 19.8. The molecule has 4 aromatic rings. The molecule has 1 aliphatic heterocycles. The quantitative estimate of drug-likeness (QED) is 0.241. The number of nitrogens with zero attached hydrogens (tertiary/aromatic N) is 2. The van der Waals surface area contributed by atoms with Crippen LogP contribution in [0, 0.1) is 5.82 Å². The van der Waals surface area contributed by atoms with Gasteiger partial charge in [-0.3, -0.25) is 19.8 Å². The zero-order chi connectivity index (χ0) is 24.5. The van der Waals surface area contributed by atoms with Crippen molar-refractivity contribution >= 4 is 51.8 Å². The van der Waals surface area contributed by atoms with Gasteiger partial charge in [0.2, 0.25) is 0 Å². The summed E-state index contributed by atoms with van der Waals surface area (Å²) in [6.45, 7) is 2.59. The van der Waals surface area contributed by atoms with Crippen molar-refractivity contribution in [2.24, 2.45) is 0 Å². The number of carbonyl (C=O) groups is 2. The Bertz CT molecular complexity index is 1500. The summed E-state index contributed by atoms with van der Waals surface area (Å²) < 4.78 is 15.6. The standard InChI is InChI=1S/C28H22FN3O2S/c1-2-18-6-9-23(10-7-18)32-27(34)24(26(33)30-28(32)35)16-19-8-11-25-21(14-19)12-13-31(25)17-20-4-3-5-22(29)15-20/h3-16H,2,17H2,1H3,(H,30,33,35)/b24-16-. The third-order valence-corrected chi connectivity index (χ3v) is 6.34. The van der Waals surface area contributed by atoms with Crippen LogP contribution < -0.4 is 10.2 Å². The lowest BCUT2D eigenvalue weighted by Gasteiger charge is -2.29. The first-order valence-electron chi connectivity index (χ1n) is 11.3. The number of aromatic nitrogens is 1. The van der Waals surface area contributed by atoms with Crippen LogP contribution in [0.25, 0.3) is 17.0 Å². The van der Waals surface area contributed by atoms with Crippen molar-refractivity contribution in [2.75, 3.05) is 4.90 Å². The summed E-state index contributed by atoms with van der Waals surface area (Å²) in [5.74, 6) is -1.25. The fraction of sp³-hybridized carbons (Fsp3) is 0.107. The molecule has 5 rings (SSSR count). The van der Waals surface area contributed by atoms with Gasteiger partial charge >= 0.3 is 0 Å². The molecule has 0 unspecified atom stereocenters. The number of halogens is 1. The maximum atomic E-state index is 13.6. The number of nitrogens with one attached hydrogen (secondary N) is 1. The van der Waals surface area contributed by atoms with Crippen molar-refractivity contribution in [3.63, 3.8) is 0 Å². The van der Waals surface area contributed by atoms with E-state index in [1.165, 1.54) is 17.0 Å². The molecule has 0 saturated carbocycles. The van der Waals surface area contributed by atoms with E-state index in [1.807, 2.05) is 65.4 Å². The van der Waals surface area contributed by atoms with E-state index in [4.69, 9.17) is 12.2 Å². The highest BCUT2D eigenvalue weighted by molar-refractivity contribution is 7.80. The minimum atomic E-state index is -0.523. The average Bonchev–Trinajstić information content (AvgIpc) is 3.24. The Morgan fingerprint density at radius 1 is 0.971 bits per heavy atom. The topological polar surface area (TPSA) is 54.3 Å². The molecule has 2 amide bonds. The van der Waals surface area contributed by atoms with E-state index in [9.17, 15) is 14.0 Å². The minimum Gasteiger partial charge on any atom is -0.343 e. The van der Waals surface area contributed by atoms with Gasteiger partial charge < -0.3 is 4.57 Å². The number of thiocarbonyl (C=S) groups is 1. The molecule has 7 heteroatoms. The monoisotopic (exact) mass is 483 g/mol. The molecule has 1 aliphatic rings. The van der Waals surface area contributed by atoms with Crippen LogP contribution in [-0.2, 0) is 22.6 Å². The maximum absolute atomic E-state index is 13.6. The minimum absolute atomic E-state index is 0.0108. The molecule has 174 valence electrons. The molecule has 0 bridgehead atoms. The molecule has 1 saturated heterocycles. The molecule has 0 radical (unpaired) electrons. The van der Waals surface area contributed by atoms with Crippen LogP contribution in [0.5, 0.6) is 0 Å². The first kappa shape index (κ1) is 22.7. The van der Waals surface area contributed by atoms with Crippen molar-refractivity contribution in [3.05, 3.63) is 107 Å². The van der Waals surface area contributed by atoms with E-state index >= 15 is 0 Å². The van der Waals surface area contributed by atoms with Crippen molar-refractivity contribution in [2.45, 2.75) is 19.9 Å². The Kier molecular flexibility index (Phi) is 6.01. The molecular weight excluding hydrogens is 461 g/mol. The van der Waals surface area contributed by atoms with Gasteiger partial charge in [0.25, 0.3) is 11.8 Å². The molecule has 5 nitrogen and oxygen atoms in total. The molecule has 2 heterocycles. The van der Waals surface area contributed by atoms with E-state index < -0.39 is 11.8 Å². The maximum Gasteiger partial charge on any atom is 0.270 e. The smallest absolute Gasteiger partial charge is 0.270 e. The molecule has 3 aromatic carbocycles. The van der Waals surface area contributed by atoms with Crippen LogP contribution in [0.4, 0.5) is 10.1 Å². The van der Waals surface area contributed by atoms with Crippen LogP contribution in [0.2, 0.25) is 0 Å². The summed E-state index contributed by atoms with van der Waals surface area (Å²) in [7, 11) is 0. The molecule has 0 atom stereocenters. The highest BCUT2D eigenvalue weighted by Crippen LogP contribution is 2.25. The van der Waals surface area contributed by atoms with E-state index in [0.717, 1.165) is 28.5 Å². The van der Waals surface area contributed by atoms with Crippen LogP contribution >= 0.6 is 12.2 Å². The van der Waals surface area contributed by atoms with Gasteiger partial charge in [0.05, 0.1) is 5.69 Å². The van der Waals surface area contributed by atoms with Gasteiger partial charge in [0.15, 0.2) is 5.11 Å². The predicted molar refractivity (Wildman–Crippen MR) is 139 cm³/mol. The average molecular weight is 484 g/mol. The Morgan fingerprint density at radius 2 is 1.77 bits per heavy atom. The van der Waals surface area contributed by atoms with Gasteiger partial charge in [-0.05, 0) is 83.9 Å². The van der Waals surface area contributed by atoms with Crippen molar-refractivity contribution in [1.29, 1.82) is 0 Å². The Hall–Kier alpha value is -4.10. The SMILES string of the molecule is CCc1ccc(N2C(=O)/C(=C\c3ccc4c(ccn4Cc4cccc(F)c4)c3)C(=O)NC2=S)cc1. The lowest BCUT2D eigenvalue weighted by atomic mass is 10.1.